The highest BCUT2D eigenvalue weighted by Crippen LogP contribution is 2.60. The van der Waals surface area contributed by atoms with Crippen molar-refractivity contribution in [1.29, 1.82) is 0 Å². The fraction of sp³-hybridized carbons (Fsp3) is 0.238. The van der Waals surface area contributed by atoms with E-state index >= 15 is 0 Å². The summed E-state index contributed by atoms with van der Waals surface area (Å²) in [5.74, 6) is 1.77. The van der Waals surface area contributed by atoms with Crippen LogP contribution in [0.15, 0.2) is 68.3 Å². The summed E-state index contributed by atoms with van der Waals surface area (Å²) in [6, 6.07) is 16.5. The highest BCUT2D eigenvalue weighted by atomic mass is 33.1. The maximum atomic E-state index is 5.30. The van der Waals surface area contributed by atoms with E-state index in [1.807, 2.05) is 46.8 Å². The van der Waals surface area contributed by atoms with E-state index in [-0.39, 0.29) is 9.70 Å². The van der Waals surface area contributed by atoms with E-state index in [2.05, 4.69) is 28.7 Å². The Labute approximate surface area is 175 Å². The largest absolute Gasteiger partial charge is 0.497 e. The Hall–Kier alpha value is -1.83. The average Bonchev–Trinajstić information content (AvgIpc) is 3.30. The van der Waals surface area contributed by atoms with E-state index in [1.165, 1.54) is 31.7 Å². The van der Waals surface area contributed by atoms with Gasteiger partial charge < -0.3 is 9.47 Å². The summed E-state index contributed by atoms with van der Waals surface area (Å²) in [6.07, 6.45) is 3.41. The van der Waals surface area contributed by atoms with Gasteiger partial charge in [0.25, 0.3) is 0 Å². The van der Waals surface area contributed by atoms with Crippen molar-refractivity contribution in [3.8, 4) is 11.5 Å². The van der Waals surface area contributed by atoms with E-state index in [1.54, 1.807) is 14.2 Å². The second-order valence-corrected chi connectivity index (χ2v) is 11.2. The minimum atomic E-state index is -0.0812. The first-order valence-corrected chi connectivity index (χ1v) is 12.5. The van der Waals surface area contributed by atoms with Gasteiger partial charge in [-0.15, -0.1) is 0 Å². The number of hydrazone groups is 1. The average molecular weight is 429 g/mol. The van der Waals surface area contributed by atoms with Crippen LogP contribution in [0, 0.1) is 0 Å². The van der Waals surface area contributed by atoms with E-state index in [4.69, 9.17) is 14.6 Å². The number of hydrogen-bond acceptors (Lipinski definition) is 6. The van der Waals surface area contributed by atoms with Crippen molar-refractivity contribution < 1.29 is 9.47 Å². The molecule has 0 bridgehead atoms. The van der Waals surface area contributed by atoms with Crippen LogP contribution < -0.4 is 13.9 Å². The summed E-state index contributed by atoms with van der Waals surface area (Å²) in [5.41, 5.74) is 3.91. The lowest BCUT2D eigenvalue weighted by atomic mass is 9.94. The molecule has 1 unspecified atom stereocenters. The molecule has 3 aliphatic rings. The van der Waals surface area contributed by atoms with Crippen molar-refractivity contribution in [2.45, 2.75) is 24.2 Å². The smallest absolute Gasteiger partial charge is 0.119 e. The van der Waals surface area contributed by atoms with E-state index in [9.17, 15) is 0 Å². The molecule has 0 amide bonds. The van der Waals surface area contributed by atoms with Gasteiger partial charge in [-0.1, -0.05) is 11.8 Å². The second-order valence-electron chi connectivity index (χ2n) is 6.58. The summed E-state index contributed by atoms with van der Waals surface area (Å²) in [4.78, 5) is 2.73. The molecule has 0 aromatic heterocycles. The van der Waals surface area contributed by atoms with Crippen LogP contribution in [0.3, 0.4) is 0 Å². The van der Waals surface area contributed by atoms with Gasteiger partial charge in [0, 0.05) is 14.6 Å². The topological polar surface area (TPSA) is 34.1 Å². The summed E-state index contributed by atoms with van der Waals surface area (Å²) >= 11 is 1.87. The quantitative estimate of drug-likeness (QED) is 0.425. The number of hydrogen-bond donors (Lipinski definition) is 0. The van der Waals surface area contributed by atoms with Gasteiger partial charge in [-0.2, -0.15) is 5.10 Å². The molecule has 1 fully saturated rings. The maximum Gasteiger partial charge on any atom is 0.119 e. The molecule has 0 N–H and O–H groups in total. The molecule has 1 aliphatic carbocycles. The molecule has 5 rings (SSSR count). The lowest BCUT2D eigenvalue weighted by Crippen LogP contribution is -2.18. The standard InChI is InChI=1S/C21H20N2O2S3/c1-24-15-8-6-14(7-9-15)23-22-19-5-3-4-18-20(19)28(23)27-21(18)26-17-12-10-16(25-2)11-13-17/h6-13H,3-5H2,1-2H3. The Morgan fingerprint density at radius 3 is 2.32 bits per heavy atom. The molecule has 1 saturated carbocycles. The predicted molar refractivity (Wildman–Crippen MR) is 123 cm³/mol. The minimum absolute atomic E-state index is 0.0812. The molecule has 2 aromatic rings. The van der Waals surface area contributed by atoms with Crippen LogP contribution in [-0.2, 0) is 0 Å². The highest BCUT2D eigenvalue weighted by Gasteiger charge is 2.38. The van der Waals surface area contributed by atoms with Crippen LogP contribution in [0.25, 0.3) is 0 Å². The third-order valence-corrected chi connectivity index (χ3v) is 10.5. The van der Waals surface area contributed by atoms with Gasteiger partial charge in [0.05, 0.1) is 34.7 Å². The van der Waals surface area contributed by atoms with Crippen molar-refractivity contribution >= 4 is 48.5 Å². The summed E-state index contributed by atoms with van der Waals surface area (Å²) in [5, 5.41) is 4.99. The lowest BCUT2D eigenvalue weighted by molar-refractivity contribution is 0.414. The van der Waals surface area contributed by atoms with Gasteiger partial charge in [-0.05, 0) is 84.2 Å². The first-order chi connectivity index (χ1) is 13.8. The van der Waals surface area contributed by atoms with Crippen molar-refractivity contribution in [2.24, 2.45) is 5.10 Å². The van der Waals surface area contributed by atoms with Crippen LogP contribution in [0.4, 0.5) is 5.69 Å². The summed E-state index contributed by atoms with van der Waals surface area (Å²) in [6.45, 7) is 0. The molecule has 7 heteroatoms. The second kappa shape index (κ2) is 7.54. The fourth-order valence-corrected chi connectivity index (χ4v) is 9.87. The van der Waals surface area contributed by atoms with Gasteiger partial charge in [0.1, 0.15) is 11.5 Å². The number of benzene rings is 2. The van der Waals surface area contributed by atoms with E-state index in [0.717, 1.165) is 30.0 Å². The third kappa shape index (κ3) is 3.15. The molecular weight excluding hydrogens is 408 g/mol. The first-order valence-electron chi connectivity index (χ1n) is 9.14. The van der Waals surface area contributed by atoms with Crippen molar-refractivity contribution in [1.82, 2.24) is 0 Å². The zero-order chi connectivity index (χ0) is 19.1. The predicted octanol–water partition coefficient (Wildman–Crippen LogP) is 6.09. The third-order valence-electron chi connectivity index (χ3n) is 4.88. The van der Waals surface area contributed by atoms with E-state index in [0.29, 0.717) is 0 Å². The molecule has 0 spiro atoms. The molecular formula is C21H20N2O2S3. The zero-order valence-electron chi connectivity index (χ0n) is 15.7. The number of nitrogens with zero attached hydrogens (tertiary/aromatic N) is 2. The van der Waals surface area contributed by atoms with E-state index < -0.39 is 0 Å². The van der Waals surface area contributed by atoms with Crippen molar-refractivity contribution in [2.75, 3.05) is 18.6 Å². The summed E-state index contributed by atoms with van der Waals surface area (Å²) in [7, 11) is 5.28. The van der Waals surface area contributed by atoms with Crippen LogP contribution in [-0.4, -0.2) is 24.8 Å². The molecule has 2 heterocycles. The molecule has 2 aliphatic heterocycles. The zero-order valence-corrected chi connectivity index (χ0v) is 18.1. The first kappa shape index (κ1) is 18.2. The van der Waals surface area contributed by atoms with Gasteiger partial charge in [-0.25, -0.2) is 4.41 Å². The van der Waals surface area contributed by atoms with Gasteiger partial charge in [0.2, 0.25) is 0 Å². The van der Waals surface area contributed by atoms with Crippen LogP contribution in [0.2, 0.25) is 0 Å². The SMILES string of the molecule is COc1ccc(SC2=C3CCCC4=NN(c5ccc(OC)cc5)S(=C43)S2)cc1. The lowest BCUT2D eigenvalue weighted by Gasteiger charge is -2.19. The molecule has 1 atom stereocenters. The molecule has 28 heavy (non-hydrogen) atoms. The Balaban J connectivity index is 1.44. The number of allylic oxidation sites excluding steroid dienone is 1. The number of rotatable bonds is 5. The molecule has 0 radical (unpaired) electrons. The minimum Gasteiger partial charge on any atom is -0.497 e. The molecule has 2 aromatic carbocycles. The number of methoxy groups -OCH3 is 2. The molecule has 4 nitrogen and oxygen atoms in total. The van der Waals surface area contributed by atoms with Crippen LogP contribution >= 0.6 is 32.3 Å². The normalized spacial score (nSPS) is 20.4. The van der Waals surface area contributed by atoms with Gasteiger partial charge in [-0.3, -0.25) is 0 Å². The monoisotopic (exact) mass is 428 g/mol. The van der Waals surface area contributed by atoms with Crippen LogP contribution in [0.5, 0.6) is 11.5 Å². The van der Waals surface area contributed by atoms with Gasteiger partial charge >= 0.3 is 0 Å². The number of ether oxygens (including phenoxy) is 2. The Bertz CT molecular complexity index is 1010. The summed E-state index contributed by atoms with van der Waals surface area (Å²) < 4.78 is 14.2. The maximum absolute atomic E-state index is 5.30. The van der Waals surface area contributed by atoms with Crippen molar-refractivity contribution in [3.63, 3.8) is 0 Å². The number of anilines is 1. The molecule has 0 saturated heterocycles. The fourth-order valence-electron chi connectivity index (χ4n) is 3.45. The van der Waals surface area contributed by atoms with Crippen LogP contribution in [0.1, 0.15) is 19.3 Å². The highest BCUT2D eigenvalue weighted by molar-refractivity contribution is 8.88. The van der Waals surface area contributed by atoms with Crippen molar-refractivity contribution in [3.05, 3.63) is 58.3 Å². The van der Waals surface area contributed by atoms with Gasteiger partial charge in [0.15, 0.2) is 0 Å². The molecule has 144 valence electrons. The Morgan fingerprint density at radius 2 is 1.64 bits per heavy atom. The Kier molecular flexibility index (Phi) is 4.90. The Morgan fingerprint density at radius 1 is 0.964 bits per heavy atom. The number of thioether (sulfide) groups is 1.